The first kappa shape index (κ1) is 15.1. The Balaban J connectivity index is 3.54. The molecule has 88 valence electrons. The second-order valence-corrected chi connectivity index (χ2v) is 4.56. The van der Waals surface area contributed by atoms with E-state index in [1.807, 2.05) is 0 Å². The summed E-state index contributed by atoms with van der Waals surface area (Å²) in [5.74, 6) is 1.04. The molecule has 0 amide bonds. The maximum absolute atomic E-state index is 11.1. The van der Waals surface area contributed by atoms with Crippen LogP contribution in [0.3, 0.4) is 0 Å². The Labute approximate surface area is 104 Å². The Morgan fingerprint density at radius 2 is 2.33 bits per heavy atom. The first-order chi connectivity index (χ1) is 7.11. The minimum absolute atomic E-state index is 0.350. The highest BCUT2D eigenvalue weighted by atomic mass is 35.5. The van der Waals surface area contributed by atoms with Crippen molar-refractivity contribution in [3.63, 3.8) is 0 Å². The second kappa shape index (κ2) is 9.33. The molecule has 2 N–H and O–H groups in total. The van der Waals surface area contributed by atoms with E-state index in [1.54, 1.807) is 18.7 Å². The van der Waals surface area contributed by atoms with Gasteiger partial charge in [-0.3, -0.25) is 4.79 Å². The normalized spacial score (nSPS) is 13.7. The van der Waals surface area contributed by atoms with Crippen molar-refractivity contribution in [2.45, 2.75) is 19.4 Å². The summed E-state index contributed by atoms with van der Waals surface area (Å²) in [4.78, 5) is 11.1. The van der Waals surface area contributed by atoms with Crippen molar-refractivity contribution in [1.29, 1.82) is 0 Å². The van der Waals surface area contributed by atoms with Gasteiger partial charge in [-0.05, 0) is 19.1 Å². The molecule has 0 rings (SSSR count). The van der Waals surface area contributed by atoms with Crippen molar-refractivity contribution >= 4 is 40.9 Å². The number of esters is 1. The lowest BCUT2D eigenvalue weighted by Crippen LogP contribution is -2.32. The third kappa shape index (κ3) is 7.96. The summed E-state index contributed by atoms with van der Waals surface area (Å²) in [5.41, 5.74) is 6.92. The lowest BCUT2D eigenvalue weighted by molar-refractivity contribution is -0.144. The predicted molar refractivity (Wildman–Crippen MR) is 66.3 cm³/mol. The fourth-order valence-electron chi connectivity index (χ4n) is 0.779. The molecule has 0 fully saturated rings. The van der Waals surface area contributed by atoms with Gasteiger partial charge in [0.1, 0.15) is 6.04 Å². The van der Waals surface area contributed by atoms with E-state index in [4.69, 9.17) is 33.7 Å². The van der Waals surface area contributed by atoms with Crippen molar-refractivity contribution in [1.82, 2.24) is 0 Å². The molecule has 0 heterocycles. The number of halogens is 2. The molecule has 0 aliphatic rings. The highest BCUT2D eigenvalue weighted by molar-refractivity contribution is 7.99. The summed E-state index contributed by atoms with van der Waals surface area (Å²) in [7, 11) is 0. The monoisotopic (exact) mass is 271 g/mol. The van der Waals surface area contributed by atoms with Crippen LogP contribution in [0, 0.1) is 0 Å². The number of hydrogen-bond donors (Lipinski definition) is 1. The van der Waals surface area contributed by atoms with Crippen LogP contribution < -0.4 is 5.73 Å². The molecule has 0 radical (unpaired) electrons. The van der Waals surface area contributed by atoms with Crippen LogP contribution in [-0.2, 0) is 9.53 Å². The van der Waals surface area contributed by atoms with Crippen molar-refractivity contribution in [3.8, 4) is 0 Å². The van der Waals surface area contributed by atoms with Crippen LogP contribution in [0.2, 0.25) is 0 Å². The molecule has 0 saturated carbocycles. The number of carbonyl (C=O) groups is 1. The average molecular weight is 272 g/mol. The summed E-state index contributed by atoms with van der Waals surface area (Å²) in [6.07, 6.45) is 0.579. The maximum atomic E-state index is 11.1. The van der Waals surface area contributed by atoms with E-state index in [9.17, 15) is 4.79 Å². The van der Waals surface area contributed by atoms with Gasteiger partial charge >= 0.3 is 5.97 Å². The fraction of sp³-hybridized carbons (Fsp3) is 0.667. The van der Waals surface area contributed by atoms with Crippen LogP contribution in [0.25, 0.3) is 0 Å². The van der Waals surface area contributed by atoms with Gasteiger partial charge in [-0.1, -0.05) is 23.2 Å². The largest absolute Gasteiger partial charge is 0.465 e. The maximum Gasteiger partial charge on any atom is 0.322 e. The Hall–Kier alpha value is 0.1000. The third-order valence-corrected chi connectivity index (χ3v) is 3.34. The Morgan fingerprint density at radius 3 is 2.87 bits per heavy atom. The Kier molecular flexibility index (Phi) is 9.40. The van der Waals surface area contributed by atoms with E-state index in [1.165, 1.54) is 5.54 Å². The summed E-state index contributed by atoms with van der Waals surface area (Å²) in [5, 5.41) is 0.589. The summed E-state index contributed by atoms with van der Waals surface area (Å²) >= 11 is 12.6. The van der Waals surface area contributed by atoms with Crippen LogP contribution in [-0.4, -0.2) is 30.1 Å². The van der Waals surface area contributed by atoms with Gasteiger partial charge in [0, 0.05) is 16.3 Å². The fourth-order valence-corrected chi connectivity index (χ4v) is 2.02. The lowest BCUT2D eigenvalue weighted by atomic mass is 10.2. The van der Waals surface area contributed by atoms with Crippen LogP contribution in [0.1, 0.15) is 13.3 Å². The van der Waals surface area contributed by atoms with Crippen LogP contribution in [0.4, 0.5) is 0 Å². The SMILES string of the molecule is CCOC(=O)C(N)CCSCC(Cl)=CCl. The minimum atomic E-state index is -0.545. The van der Waals surface area contributed by atoms with Crippen molar-refractivity contribution in [3.05, 3.63) is 10.6 Å². The molecular weight excluding hydrogens is 257 g/mol. The first-order valence-corrected chi connectivity index (χ1v) is 6.53. The van der Waals surface area contributed by atoms with Crippen molar-refractivity contribution in [2.24, 2.45) is 5.73 Å². The van der Waals surface area contributed by atoms with Gasteiger partial charge in [-0.25, -0.2) is 0 Å². The topological polar surface area (TPSA) is 52.3 Å². The minimum Gasteiger partial charge on any atom is -0.465 e. The average Bonchev–Trinajstić information content (AvgIpc) is 2.23. The van der Waals surface area contributed by atoms with E-state index in [0.717, 1.165) is 5.75 Å². The molecule has 0 aromatic heterocycles. The van der Waals surface area contributed by atoms with Crippen molar-refractivity contribution in [2.75, 3.05) is 18.1 Å². The van der Waals surface area contributed by atoms with E-state index in [0.29, 0.717) is 23.8 Å². The highest BCUT2D eigenvalue weighted by Crippen LogP contribution is 2.14. The van der Waals surface area contributed by atoms with Gasteiger partial charge in [0.15, 0.2) is 0 Å². The van der Waals surface area contributed by atoms with Crippen LogP contribution in [0.5, 0.6) is 0 Å². The molecule has 15 heavy (non-hydrogen) atoms. The van der Waals surface area contributed by atoms with Crippen LogP contribution >= 0.6 is 35.0 Å². The number of carbonyl (C=O) groups excluding carboxylic acids is 1. The number of thioether (sulfide) groups is 1. The second-order valence-electron chi connectivity index (χ2n) is 2.76. The number of hydrogen-bond acceptors (Lipinski definition) is 4. The number of nitrogens with two attached hydrogens (primary N) is 1. The number of rotatable bonds is 7. The molecule has 0 aromatic rings. The van der Waals surface area contributed by atoms with Gasteiger partial charge in [-0.2, -0.15) is 11.8 Å². The van der Waals surface area contributed by atoms with Gasteiger partial charge in [-0.15, -0.1) is 0 Å². The van der Waals surface area contributed by atoms with Gasteiger partial charge in [0.05, 0.1) is 6.61 Å². The van der Waals surface area contributed by atoms with Gasteiger partial charge < -0.3 is 10.5 Å². The first-order valence-electron chi connectivity index (χ1n) is 4.56. The molecule has 1 atom stereocenters. The molecule has 0 spiro atoms. The Morgan fingerprint density at radius 1 is 1.67 bits per heavy atom. The zero-order chi connectivity index (χ0) is 11.7. The van der Waals surface area contributed by atoms with E-state index < -0.39 is 6.04 Å². The molecule has 0 bridgehead atoms. The van der Waals surface area contributed by atoms with E-state index >= 15 is 0 Å². The number of ether oxygens (including phenoxy) is 1. The molecule has 0 saturated heterocycles. The Bertz CT molecular complexity index is 224. The lowest BCUT2D eigenvalue weighted by Gasteiger charge is -2.09. The smallest absolute Gasteiger partial charge is 0.322 e. The molecule has 0 aliphatic heterocycles. The van der Waals surface area contributed by atoms with Gasteiger partial charge in [0.2, 0.25) is 0 Å². The summed E-state index contributed by atoms with van der Waals surface area (Å²) < 4.78 is 4.77. The zero-order valence-electron chi connectivity index (χ0n) is 8.54. The molecule has 0 aliphatic carbocycles. The van der Waals surface area contributed by atoms with Crippen molar-refractivity contribution < 1.29 is 9.53 Å². The van der Waals surface area contributed by atoms with E-state index in [-0.39, 0.29) is 5.97 Å². The molecule has 3 nitrogen and oxygen atoms in total. The third-order valence-electron chi connectivity index (χ3n) is 1.52. The predicted octanol–water partition coefficient (Wildman–Crippen LogP) is 2.32. The van der Waals surface area contributed by atoms with Crippen LogP contribution in [0.15, 0.2) is 10.6 Å². The highest BCUT2D eigenvalue weighted by Gasteiger charge is 2.13. The summed E-state index contributed by atoms with van der Waals surface area (Å²) in [6, 6.07) is -0.545. The summed E-state index contributed by atoms with van der Waals surface area (Å²) in [6.45, 7) is 2.12. The zero-order valence-corrected chi connectivity index (χ0v) is 10.9. The molecule has 0 aromatic carbocycles. The quantitative estimate of drug-likeness (QED) is 0.571. The molecular formula is C9H15Cl2NO2S. The molecule has 1 unspecified atom stereocenters. The van der Waals surface area contributed by atoms with E-state index in [2.05, 4.69) is 0 Å². The standard InChI is InChI=1S/C9H15Cl2NO2S/c1-2-14-9(13)8(12)3-4-15-6-7(11)5-10/h5,8H,2-4,6,12H2,1H3. The van der Waals surface area contributed by atoms with Gasteiger partial charge in [0.25, 0.3) is 0 Å². The molecule has 6 heteroatoms.